The van der Waals surface area contributed by atoms with E-state index in [1.807, 2.05) is 7.05 Å². The van der Waals surface area contributed by atoms with Crippen molar-refractivity contribution in [3.8, 4) is 0 Å². The van der Waals surface area contributed by atoms with E-state index in [9.17, 15) is 8.42 Å². The molecule has 2 saturated heterocycles. The minimum absolute atomic E-state index is 0.0861. The highest BCUT2D eigenvalue weighted by atomic mass is 35.5. The van der Waals surface area contributed by atoms with Crippen molar-refractivity contribution in [1.29, 1.82) is 0 Å². The van der Waals surface area contributed by atoms with Crippen molar-refractivity contribution >= 4 is 21.6 Å². The number of likely N-dealkylation sites (N-methyl/N-ethyl adjacent to an activating group) is 1. The molecule has 2 unspecified atom stereocenters. The Bertz CT molecular complexity index is 472. The third-order valence-electron chi connectivity index (χ3n) is 3.78. The zero-order chi connectivity index (χ0) is 13.5. The first kappa shape index (κ1) is 14.1. The van der Waals surface area contributed by atoms with E-state index in [4.69, 9.17) is 11.6 Å². The second kappa shape index (κ2) is 4.96. The van der Waals surface area contributed by atoms with Crippen LogP contribution in [0.2, 0.25) is 0 Å². The third-order valence-corrected chi connectivity index (χ3v) is 6.47. The largest absolute Gasteiger partial charge is 0.303 e. The maximum atomic E-state index is 12.6. The zero-order valence-corrected chi connectivity index (χ0v) is 12.3. The molecule has 6 heteroatoms. The van der Waals surface area contributed by atoms with Crippen LogP contribution >= 0.6 is 11.6 Å². The topological polar surface area (TPSA) is 40.6 Å². The number of rotatable bonds is 3. The van der Waals surface area contributed by atoms with Gasteiger partial charge >= 0.3 is 0 Å². The lowest BCUT2D eigenvalue weighted by molar-refractivity contribution is 0.155. The Balaban J connectivity index is 2.36. The molecule has 2 aliphatic heterocycles. The molecular formula is C12H19ClN2O2S. The number of likely N-dealkylation sites (tertiary alicyclic amines) is 1. The number of hydrogen-bond acceptors (Lipinski definition) is 3. The van der Waals surface area contributed by atoms with E-state index in [0.717, 1.165) is 25.9 Å². The van der Waals surface area contributed by atoms with Gasteiger partial charge in [-0.25, -0.2) is 8.42 Å². The molecule has 0 aromatic rings. The summed E-state index contributed by atoms with van der Waals surface area (Å²) in [6.45, 7) is 6.68. The number of nitrogens with zero attached hydrogens (tertiary/aromatic N) is 2. The maximum Gasteiger partial charge on any atom is 0.241 e. The summed E-state index contributed by atoms with van der Waals surface area (Å²) < 4.78 is 26.8. The van der Waals surface area contributed by atoms with Crippen LogP contribution in [0.3, 0.4) is 0 Å². The lowest BCUT2D eigenvalue weighted by Crippen LogP contribution is -2.54. The first-order valence-corrected chi connectivity index (χ1v) is 7.90. The Morgan fingerprint density at radius 3 is 2.28 bits per heavy atom. The average molecular weight is 291 g/mol. The fraction of sp³-hybridized carbons (Fsp3) is 0.667. The van der Waals surface area contributed by atoms with Crippen LogP contribution < -0.4 is 0 Å². The highest BCUT2D eigenvalue weighted by Gasteiger charge is 2.46. The van der Waals surface area contributed by atoms with Gasteiger partial charge in [0.15, 0.2) is 0 Å². The van der Waals surface area contributed by atoms with E-state index in [2.05, 4.69) is 11.5 Å². The Labute approximate surface area is 114 Å². The molecule has 2 rings (SSSR count). The van der Waals surface area contributed by atoms with Crippen LogP contribution in [0.5, 0.6) is 0 Å². The van der Waals surface area contributed by atoms with Gasteiger partial charge in [-0.1, -0.05) is 18.2 Å². The average Bonchev–Trinajstić information content (AvgIpc) is 2.61. The van der Waals surface area contributed by atoms with Gasteiger partial charge in [0, 0.05) is 25.2 Å². The van der Waals surface area contributed by atoms with Crippen LogP contribution in [-0.4, -0.2) is 49.8 Å². The van der Waals surface area contributed by atoms with Gasteiger partial charge < -0.3 is 4.90 Å². The molecule has 18 heavy (non-hydrogen) atoms. The molecule has 0 spiro atoms. The molecule has 0 N–H and O–H groups in total. The summed E-state index contributed by atoms with van der Waals surface area (Å²) in [5, 5.41) is 0.216. The molecule has 2 heterocycles. The highest BCUT2D eigenvalue weighted by Crippen LogP contribution is 2.35. The molecule has 2 aliphatic rings. The van der Waals surface area contributed by atoms with Crippen molar-refractivity contribution < 1.29 is 8.42 Å². The second-order valence-electron chi connectivity index (χ2n) is 5.05. The van der Waals surface area contributed by atoms with Crippen molar-refractivity contribution in [3.05, 3.63) is 22.6 Å². The Morgan fingerprint density at radius 1 is 1.33 bits per heavy atom. The van der Waals surface area contributed by atoms with Crippen LogP contribution in [0, 0.1) is 0 Å². The van der Waals surface area contributed by atoms with Gasteiger partial charge in [-0.15, -0.1) is 0 Å². The Morgan fingerprint density at radius 2 is 1.83 bits per heavy atom. The minimum atomic E-state index is -3.45. The molecule has 0 aromatic carbocycles. The number of halogens is 1. The van der Waals surface area contributed by atoms with Crippen LogP contribution in [0.15, 0.2) is 22.6 Å². The van der Waals surface area contributed by atoms with Gasteiger partial charge in [0.05, 0.1) is 9.94 Å². The quantitative estimate of drug-likeness (QED) is 0.744. The first-order valence-electron chi connectivity index (χ1n) is 6.08. The summed E-state index contributed by atoms with van der Waals surface area (Å²) in [4.78, 5) is 2.41. The fourth-order valence-electron chi connectivity index (χ4n) is 2.89. The van der Waals surface area contributed by atoms with E-state index in [0.29, 0.717) is 0 Å². The number of piperazine rings is 1. The summed E-state index contributed by atoms with van der Waals surface area (Å²) in [5.41, 5.74) is 0. The smallest absolute Gasteiger partial charge is 0.241 e. The van der Waals surface area contributed by atoms with Gasteiger partial charge in [-0.2, -0.15) is 4.31 Å². The van der Waals surface area contributed by atoms with Crippen LogP contribution in [-0.2, 0) is 10.0 Å². The lowest BCUT2D eigenvalue weighted by Gasteiger charge is -2.38. The van der Waals surface area contributed by atoms with E-state index in [-0.39, 0.29) is 22.0 Å². The maximum absolute atomic E-state index is 12.6. The molecule has 2 bridgehead atoms. The standard InChI is InChI=1S/C12H19ClN2O2S/c1-4-12(13)9(2)18(16,17)15-10-5-6-11(15)8-14(3)7-10/h4,10-11H,1,5-8H2,2-3H3/b12-9-. The van der Waals surface area contributed by atoms with E-state index in [1.165, 1.54) is 6.08 Å². The van der Waals surface area contributed by atoms with Crippen molar-refractivity contribution in [2.75, 3.05) is 20.1 Å². The zero-order valence-electron chi connectivity index (χ0n) is 10.8. The minimum Gasteiger partial charge on any atom is -0.303 e. The number of sulfonamides is 1. The summed E-state index contributed by atoms with van der Waals surface area (Å²) >= 11 is 5.91. The molecule has 2 fully saturated rings. The highest BCUT2D eigenvalue weighted by molar-refractivity contribution is 7.93. The molecular weight excluding hydrogens is 272 g/mol. The monoisotopic (exact) mass is 290 g/mol. The Kier molecular flexibility index (Phi) is 3.88. The van der Waals surface area contributed by atoms with Crippen LogP contribution in [0.25, 0.3) is 0 Å². The molecule has 0 radical (unpaired) electrons. The summed E-state index contributed by atoms with van der Waals surface area (Å²) in [7, 11) is -1.41. The van der Waals surface area contributed by atoms with Gasteiger partial charge in [0.2, 0.25) is 10.0 Å². The van der Waals surface area contributed by atoms with Gasteiger partial charge in [0.25, 0.3) is 0 Å². The van der Waals surface area contributed by atoms with Crippen molar-refractivity contribution in [2.24, 2.45) is 0 Å². The summed E-state index contributed by atoms with van der Waals surface area (Å²) in [5.74, 6) is 0. The Hall–Kier alpha value is -0.360. The number of fused-ring (bicyclic) bond motifs is 2. The van der Waals surface area contributed by atoms with Crippen molar-refractivity contribution in [3.63, 3.8) is 0 Å². The molecule has 2 atom stereocenters. The number of hydrogen-bond donors (Lipinski definition) is 0. The third kappa shape index (κ3) is 2.25. The van der Waals surface area contributed by atoms with Gasteiger partial charge in [0.1, 0.15) is 0 Å². The molecule has 4 nitrogen and oxygen atoms in total. The summed E-state index contributed by atoms with van der Waals surface area (Å²) in [6.07, 6.45) is 3.26. The predicted molar refractivity (Wildman–Crippen MR) is 73.8 cm³/mol. The summed E-state index contributed by atoms with van der Waals surface area (Å²) in [6, 6.07) is 0.172. The van der Waals surface area contributed by atoms with Crippen LogP contribution in [0.1, 0.15) is 19.8 Å². The van der Waals surface area contributed by atoms with E-state index in [1.54, 1.807) is 11.2 Å². The normalized spacial score (nSPS) is 31.3. The first-order chi connectivity index (χ1) is 8.37. The molecule has 0 aliphatic carbocycles. The molecule has 0 amide bonds. The second-order valence-corrected chi connectivity index (χ2v) is 7.44. The van der Waals surface area contributed by atoms with Gasteiger partial charge in [-0.05, 0) is 32.9 Å². The fourth-order valence-corrected chi connectivity index (χ4v) is 4.96. The number of allylic oxidation sites excluding steroid dienone is 3. The van der Waals surface area contributed by atoms with Gasteiger partial charge in [-0.3, -0.25) is 0 Å². The molecule has 0 saturated carbocycles. The van der Waals surface area contributed by atoms with E-state index < -0.39 is 10.0 Å². The van der Waals surface area contributed by atoms with Crippen LogP contribution in [0.4, 0.5) is 0 Å². The lowest BCUT2D eigenvalue weighted by atomic mass is 10.2. The molecule has 0 aromatic heterocycles. The SMILES string of the molecule is C=C/C(Cl)=C(\C)S(=O)(=O)N1C2CCC1CN(C)C2. The van der Waals surface area contributed by atoms with E-state index >= 15 is 0 Å². The van der Waals surface area contributed by atoms with Crippen molar-refractivity contribution in [2.45, 2.75) is 31.8 Å². The predicted octanol–water partition coefficient (Wildman–Crippen LogP) is 1.75. The molecule has 102 valence electrons. The van der Waals surface area contributed by atoms with Crippen molar-refractivity contribution in [1.82, 2.24) is 9.21 Å².